The molecule has 0 aliphatic rings. The number of thiophene rings is 1. The molecule has 0 amide bonds. The molecule has 11 heteroatoms. The number of nitrogens with two attached hydrogens (primary N) is 1. The van der Waals surface area contributed by atoms with Gasteiger partial charge in [0.15, 0.2) is 11.5 Å². The molecule has 4 nitrogen and oxygen atoms in total. The van der Waals surface area contributed by atoms with E-state index in [2.05, 4.69) is 10.1 Å². The summed E-state index contributed by atoms with van der Waals surface area (Å²) in [6.45, 7) is 0. The first-order valence-electron chi connectivity index (χ1n) is 6.63. The van der Waals surface area contributed by atoms with Crippen LogP contribution in [0.15, 0.2) is 36.5 Å². The van der Waals surface area contributed by atoms with E-state index in [1.165, 1.54) is 18.3 Å². The first-order chi connectivity index (χ1) is 11.6. The standard InChI is InChI=1S/C14H8F6N4S/c15-13(16,17)8-5-4-7(25-8)10-11(14(18,19)20)23-24(12(10)21)9-3-1-2-6-22-9/h1-6H,21H2. The lowest BCUT2D eigenvalue weighted by Crippen LogP contribution is -2.09. The molecule has 0 aliphatic carbocycles. The van der Waals surface area contributed by atoms with Crippen molar-refractivity contribution < 1.29 is 26.3 Å². The number of rotatable bonds is 2. The fourth-order valence-electron chi connectivity index (χ4n) is 2.15. The summed E-state index contributed by atoms with van der Waals surface area (Å²) in [6.07, 6.45) is -8.23. The maximum atomic E-state index is 13.3. The Kier molecular flexibility index (Phi) is 3.98. The number of halogens is 6. The van der Waals surface area contributed by atoms with Crippen LogP contribution >= 0.6 is 11.3 Å². The third-order valence-corrected chi connectivity index (χ3v) is 4.34. The Bertz CT molecular complexity index is 894. The molecule has 0 aliphatic heterocycles. The van der Waals surface area contributed by atoms with Crippen LogP contribution in [0.4, 0.5) is 32.2 Å². The topological polar surface area (TPSA) is 56.7 Å². The van der Waals surface area contributed by atoms with Gasteiger partial charge < -0.3 is 5.73 Å². The summed E-state index contributed by atoms with van der Waals surface area (Å²) in [5, 5.41) is 3.43. The van der Waals surface area contributed by atoms with Crippen molar-refractivity contribution in [2.75, 3.05) is 5.73 Å². The average molecular weight is 378 g/mol. The van der Waals surface area contributed by atoms with E-state index in [9.17, 15) is 26.3 Å². The third kappa shape index (κ3) is 3.18. The van der Waals surface area contributed by atoms with Gasteiger partial charge in [-0.15, -0.1) is 11.3 Å². The van der Waals surface area contributed by atoms with Crippen molar-refractivity contribution in [1.82, 2.24) is 14.8 Å². The Morgan fingerprint density at radius 2 is 1.68 bits per heavy atom. The molecular formula is C14H8F6N4S. The molecule has 3 aromatic rings. The molecule has 25 heavy (non-hydrogen) atoms. The molecule has 0 atom stereocenters. The minimum atomic E-state index is -4.90. The van der Waals surface area contributed by atoms with E-state index in [4.69, 9.17) is 5.73 Å². The molecule has 0 aromatic carbocycles. The monoisotopic (exact) mass is 378 g/mol. The van der Waals surface area contributed by atoms with Crippen molar-refractivity contribution in [2.45, 2.75) is 12.4 Å². The zero-order valence-electron chi connectivity index (χ0n) is 12.1. The Hall–Kier alpha value is -2.56. The second-order valence-electron chi connectivity index (χ2n) is 4.87. The van der Waals surface area contributed by atoms with Crippen LogP contribution in [0.25, 0.3) is 16.3 Å². The summed E-state index contributed by atoms with van der Waals surface area (Å²) in [7, 11) is 0. The number of pyridine rings is 1. The van der Waals surface area contributed by atoms with Crippen molar-refractivity contribution in [3.05, 3.63) is 47.1 Å². The van der Waals surface area contributed by atoms with Crippen LogP contribution in [-0.2, 0) is 12.4 Å². The minimum absolute atomic E-state index is 0.0179. The summed E-state index contributed by atoms with van der Waals surface area (Å²) in [6, 6.07) is 6.09. The lowest BCUT2D eigenvalue weighted by Gasteiger charge is -2.05. The van der Waals surface area contributed by atoms with E-state index in [0.29, 0.717) is 6.07 Å². The maximum Gasteiger partial charge on any atom is 0.435 e. The van der Waals surface area contributed by atoms with Crippen LogP contribution < -0.4 is 5.73 Å². The van der Waals surface area contributed by atoms with E-state index >= 15 is 0 Å². The van der Waals surface area contributed by atoms with Gasteiger partial charge in [-0.2, -0.15) is 36.1 Å². The molecule has 3 aromatic heterocycles. The van der Waals surface area contributed by atoms with Gasteiger partial charge in [-0.3, -0.25) is 0 Å². The highest BCUT2D eigenvalue weighted by Gasteiger charge is 2.41. The smallest absolute Gasteiger partial charge is 0.383 e. The Morgan fingerprint density at radius 1 is 0.960 bits per heavy atom. The Balaban J connectivity index is 2.22. The van der Waals surface area contributed by atoms with E-state index in [1.54, 1.807) is 6.07 Å². The van der Waals surface area contributed by atoms with Gasteiger partial charge in [-0.05, 0) is 24.3 Å². The second-order valence-corrected chi connectivity index (χ2v) is 5.95. The minimum Gasteiger partial charge on any atom is -0.383 e. The SMILES string of the molecule is Nc1c(-c2ccc(C(F)(F)F)s2)c(C(F)(F)F)nn1-c1ccccn1. The van der Waals surface area contributed by atoms with Gasteiger partial charge >= 0.3 is 12.4 Å². The summed E-state index contributed by atoms with van der Waals surface area (Å²) in [5.74, 6) is -0.425. The predicted molar refractivity (Wildman–Crippen MR) is 79.1 cm³/mol. The number of alkyl halides is 6. The second kappa shape index (κ2) is 5.76. The Labute approximate surface area is 140 Å². The van der Waals surface area contributed by atoms with Gasteiger partial charge in [-0.1, -0.05) is 6.07 Å². The fourth-order valence-corrected chi connectivity index (χ4v) is 3.08. The number of hydrogen-bond donors (Lipinski definition) is 1. The first-order valence-corrected chi connectivity index (χ1v) is 7.45. The largest absolute Gasteiger partial charge is 0.435 e. The first kappa shape index (κ1) is 17.3. The van der Waals surface area contributed by atoms with Crippen molar-refractivity contribution in [2.24, 2.45) is 0 Å². The molecule has 0 unspecified atom stereocenters. The quantitative estimate of drug-likeness (QED) is 0.663. The molecule has 2 N–H and O–H groups in total. The maximum absolute atomic E-state index is 13.3. The van der Waals surface area contributed by atoms with Gasteiger partial charge in [0.25, 0.3) is 0 Å². The van der Waals surface area contributed by atoms with E-state index in [1.807, 2.05) is 0 Å². The summed E-state index contributed by atoms with van der Waals surface area (Å²) in [4.78, 5) is 2.56. The highest BCUT2D eigenvalue weighted by molar-refractivity contribution is 7.15. The van der Waals surface area contributed by atoms with Crippen molar-refractivity contribution >= 4 is 17.2 Å². The lowest BCUT2D eigenvalue weighted by atomic mass is 10.2. The summed E-state index contributed by atoms with van der Waals surface area (Å²) < 4.78 is 78.9. The van der Waals surface area contributed by atoms with Gasteiger partial charge in [-0.25, -0.2) is 4.98 Å². The van der Waals surface area contributed by atoms with Crippen LogP contribution in [0, 0.1) is 0 Å². The lowest BCUT2D eigenvalue weighted by molar-refractivity contribution is -0.140. The van der Waals surface area contributed by atoms with Crippen LogP contribution in [0.1, 0.15) is 10.6 Å². The molecule has 132 valence electrons. The number of nitrogens with zero attached hydrogens (tertiary/aromatic N) is 3. The summed E-state index contributed by atoms with van der Waals surface area (Å²) >= 11 is 0.167. The normalized spacial score (nSPS) is 12.6. The molecule has 3 rings (SSSR count). The van der Waals surface area contributed by atoms with Crippen LogP contribution in [0.3, 0.4) is 0 Å². The van der Waals surface area contributed by atoms with Crippen molar-refractivity contribution in [3.8, 4) is 16.3 Å². The highest BCUT2D eigenvalue weighted by atomic mass is 32.1. The van der Waals surface area contributed by atoms with Crippen LogP contribution in [0.5, 0.6) is 0 Å². The molecule has 0 saturated carbocycles. The number of hydrogen-bond acceptors (Lipinski definition) is 4. The fraction of sp³-hybridized carbons (Fsp3) is 0.143. The molecule has 0 fully saturated rings. The Morgan fingerprint density at radius 3 is 2.20 bits per heavy atom. The third-order valence-electron chi connectivity index (χ3n) is 3.19. The number of aromatic nitrogens is 3. The average Bonchev–Trinajstić information content (AvgIpc) is 3.11. The molecule has 3 heterocycles. The molecule has 0 radical (unpaired) electrons. The van der Waals surface area contributed by atoms with Crippen molar-refractivity contribution in [1.29, 1.82) is 0 Å². The van der Waals surface area contributed by atoms with E-state index < -0.39 is 34.3 Å². The zero-order chi connectivity index (χ0) is 18.4. The van der Waals surface area contributed by atoms with Gasteiger partial charge in [0, 0.05) is 11.1 Å². The molecule has 0 spiro atoms. The van der Waals surface area contributed by atoms with Gasteiger partial charge in [0.05, 0.1) is 5.56 Å². The predicted octanol–water partition coefficient (Wildman–Crippen LogP) is 4.62. The molecule has 0 saturated heterocycles. The number of anilines is 1. The van der Waals surface area contributed by atoms with E-state index in [0.717, 1.165) is 10.7 Å². The summed E-state index contributed by atoms with van der Waals surface area (Å²) in [5.41, 5.74) is 3.80. The zero-order valence-corrected chi connectivity index (χ0v) is 12.9. The van der Waals surface area contributed by atoms with Crippen molar-refractivity contribution in [3.63, 3.8) is 0 Å². The number of nitrogen functional groups attached to an aromatic ring is 1. The molecule has 0 bridgehead atoms. The highest BCUT2D eigenvalue weighted by Crippen LogP contribution is 2.45. The van der Waals surface area contributed by atoms with E-state index in [-0.39, 0.29) is 22.0 Å². The van der Waals surface area contributed by atoms with Gasteiger partial charge in [0.1, 0.15) is 10.7 Å². The van der Waals surface area contributed by atoms with Crippen LogP contribution in [0.2, 0.25) is 0 Å². The molecular weight excluding hydrogens is 370 g/mol. The van der Waals surface area contributed by atoms with Gasteiger partial charge in [0.2, 0.25) is 0 Å². The van der Waals surface area contributed by atoms with Crippen LogP contribution in [-0.4, -0.2) is 14.8 Å².